The quantitative estimate of drug-likeness (QED) is 0.829. The van der Waals surface area contributed by atoms with Crippen LogP contribution < -0.4 is 5.73 Å². The van der Waals surface area contributed by atoms with Gasteiger partial charge in [0.25, 0.3) is 0 Å². The molecule has 20 heavy (non-hydrogen) atoms. The van der Waals surface area contributed by atoms with Gasteiger partial charge >= 0.3 is 0 Å². The third-order valence-corrected chi connectivity index (χ3v) is 5.02. The molecule has 1 aromatic carbocycles. The Balaban J connectivity index is 2.04. The van der Waals surface area contributed by atoms with E-state index in [2.05, 4.69) is 6.92 Å². The van der Waals surface area contributed by atoms with Crippen LogP contribution in [0.5, 0.6) is 0 Å². The van der Waals surface area contributed by atoms with Gasteiger partial charge in [0.15, 0.2) is 0 Å². The molecule has 0 radical (unpaired) electrons. The molecule has 0 saturated heterocycles. The molecule has 1 saturated carbocycles. The van der Waals surface area contributed by atoms with E-state index in [9.17, 15) is 4.39 Å². The second-order valence-electron chi connectivity index (χ2n) is 6.18. The molecule has 1 aliphatic rings. The summed E-state index contributed by atoms with van der Waals surface area (Å²) in [7, 11) is 0. The lowest BCUT2D eigenvalue weighted by Gasteiger charge is -2.36. The summed E-state index contributed by atoms with van der Waals surface area (Å²) >= 11 is 5.88. The highest BCUT2D eigenvalue weighted by Crippen LogP contribution is 2.37. The molecule has 0 aliphatic heterocycles. The molecule has 0 amide bonds. The molecule has 1 nitrogen and oxygen atoms in total. The Kier molecular flexibility index (Phi) is 5.86. The number of halogens is 2. The van der Waals surface area contributed by atoms with Crippen molar-refractivity contribution in [2.75, 3.05) is 6.54 Å². The van der Waals surface area contributed by atoms with Crippen molar-refractivity contribution in [3.05, 3.63) is 34.6 Å². The van der Waals surface area contributed by atoms with Crippen molar-refractivity contribution < 1.29 is 4.39 Å². The molecule has 0 bridgehead atoms. The molecule has 1 fully saturated rings. The minimum atomic E-state index is -0.335. The first-order valence-electron chi connectivity index (χ1n) is 7.78. The summed E-state index contributed by atoms with van der Waals surface area (Å²) in [6.07, 6.45) is 7.36. The molecule has 0 aromatic heterocycles. The first-order valence-corrected chi connectivity index (χ1v) is 8.15. The van der Waals surface area contributed by atoms with Crippen LogP contribution in [0, 0.1) is 23.6 Å². The van der Waals surface area contributed by atoms with Crippen molar-refractivity contribution in [1.29, 1.82) is 0 Å². The van der Waals surface area contributed by atoms with E-state index in [1.165, 1.54) is 38.2 Å². The van der Waals surface area contributed by atoms with Crippen LogP contribution in [-0.4, -0.2) is 6.54 Å². The standard InChI is InChI=1S/C17H25ClFN/c1-2-3-12-4-6-14(11-20)15(8-12)9-13-5-7-17(19)16(18)10-13/h5,7,10,12,14-15H,2-4,6,8-9,11,20H2,1H3. The van der Waals surface area contributed by atoms with E-state index in [0.717, 1.165) is 24.4 Å². The SMILES string of the molecule is CCCC1CCC(CN)C(Cc2ccc(F)c(Cl)c2)C1. The van der Waals surface area contributed by atoms with Gasteiger partial charge in [0.1, 0.15) is 5.82 Å². The molecule has 3 unspecified atom stereocenters. The zero-order chi connectivity index (χ0) is 14.5. The lowest BCUT2D eigenvalue weighted by atomic mass is 9.70. The second kappa shape index (κ2) is 7.42. The molecule has 2 N–H and O–H groups in total. The molecular formula is C17H25ClFN. The third-order valence-electron chi connectivity index (χ3n) is 4.73. The van der Waals surface area contributed by atoms with Crippen molar-refractivity contribution in [2.24, 2.45) is 23.5 Å². The molecule has 0 spiro atoms. The van der Waals surface area contributed by atoms with Gasteiger partial charge in [0, 0.05) is 0 Å². The van der Waals surface area contributed by atoms with Gasteiger partial charge in [-0.3, -0.25) is 0 Å². The average molecular weight is 298 g/mol. The van der Waals surface area contributed by atoms with Crippen LogP contribution >= 0.6 is 11.6 Å². The summed E-state index contributed by atoms with van der Waals surface area (Å²) in [6, 6.07) is 5.10. The number of benzene rings is 1. The van der Waals surface area contributed by atoms with E-state index in [1.807, 2.05) is 6.07 Å². The largest absolute Gasteiger partial charge is 0.330 e. The van der Waals surface area contributed by atoms with Crippen molar-refractivity contribution in [2.45, 2.75) is 45.4 Å². The Morgan fingerprint density at radius 3 is 2.75 bits per heavy atom. The Morgan fingerprint density at radius 2 is 2.10 bits per heavy atom. The maximum Gasteiger partial charge on any atom is 0.141 e. The molecule has 2 rings (SSSR count). The maximum absolute atomic E-state index is 13.2. The fourth-order valence-electron chi connectivity index (χ4n) is 3.62. The van der Waals surface area contributed by atoms with Gasteiger partial charge in [-0.2, -0.15) is 0 Å². The predicted molar refractivity (Wildman–Crippen MR) is 83.4 cm³/mol. The topological polar surface area (TPSA) is 26.0 Å². The zero-order valence-electron chi connectivity index (χ0n) is 12.2. The Morgan fingerprint density at radius 1 is 1.30 bits per heavy atom. The Labute approximate surface area is 126 Å². The first-order chi connectivity index (χ1) is 9.63. The molecule has 1 aliphatic carbocycles. The molecule has 112 valence electrons. The Hall–Kier alpha value is -0.600. The highest BCUT2D eigenvalue weighted by Gasteiger charge is 2.29. The fourth-order valence-corrected chi connectivity index (χ4v) is 3.83. The van der Waals surface area contributed by atoms with Crippen LogP contribution in [0.4, 0.5) is 4.39 Å². The van der Waals surface area contributed by atoms with Crippen LogP contribution in [0.3, 0.4) is 0 Å². The minimum Gasteiger partial charge on any atom is -0.330 e. The fraction of sp³-hybridized carbons (Fsp3) is 0.647. The summed E-state index contributed by atoms with van der Waals surface area (Å²) in [6.45, 7) is 3.02. The summed E-state index contributed by atoms with van der Waals surface area (Å²) in [5, 5.41) is 0.229. The summed E-state index contributed by atoms with van der Waals surface area (Å²) in [4.78, 5) is 0. The van der Waals surface area contributed by atoms with Gasteiger partial charge in [-0.25, -0.2) is 4.39 Å². The van der Waals surface area contributed by atoms with Crippen LogP contribution in [0.15, 0.2) is 18.2 Å². The summed E-state index contributed by atoms with van der Waals surface area (Å²) < 4.78 is 13.2. The highest BCUT2D eigenvalue weighted by molar-refractivity contribution is 6.30. The smallest absolute Gasteiger partial charge is 0.141 e. The molecule has 3 heteroatoms. The predicted octanol–water partition coefficient (Wildman–Crippen LogP) is 4.81. The molecule has 0 heterocycles. The Bertz CT molecular complexity index is 435. The van der Waals surface area contributed by atoms with E-state index < -0.39 is 0 Å². The lowest BCUT2D eigenvalue weighted by Crippen LogP contribution is -2.31. The third kappa shape index (κ3) is 3.95. The zero-order valence-corrected chi connectivity index (χ0v) is 13.0. The molecule has 3 atom stereocenters. The van der Waals surface area contributed by atoms with Gasteiger partial charge < -0.3 is 5.73 Å². The van der Waals surface area contributed by atoms with Gasteiger partial charge in [-0.1, -0.05) is 43.9 Å². The maximum atomic E-state index is 13.2. The summed E-state index contributed by atoms with van der Waals surface area (Å²) in [5.74, 6) is 1.72. The van der Waals surface area contributed by atoms with E-state index in [1.54, 1.807) is 6.07 Å². The monoisotopic (exact) mass is 297 g/mol. The van der Waals surface area contributed by atoms with Crippen molar-refractivity contribution in [1.82, 2.24) is 0 Å². The van der Waals surface area contributed by atoms with Gasteiger partial charge in [-0.05, 0) is 61.3 Å². The van der Waals surface area contributed by atoms with Crippen molar-refractivity contribution in [3.63, 3.8) is 0 Å². The van der Waals surface area contributed by atoms with Crippen LogP contribution in [0.25, 0.3) is 0 Å². The summed E-state index contributed by atoms with van der Waals surface area (Å²) in [5.41, 5.74) is 7.07. The normalized spacial score (nSPS) is 26.7. The van der Waals surface area contributed by atoms with Gasteiger partial charge in [0.2, 0.25) is 0 Å². The van der Waals surface area contributed by atoms with Crippen molar-refractivity contribution in [3.8, 4) is 0 Å². The van der Waals surface area contributed by atoms with Crippen LogP contribution in [-0.2, 0) is 6.42 Å². The molecular weight excluding hydrogens is 273 g/mol. The average Bonchev–Trinajstić information content (AvgIpc) is 2.44. The van der Waals surface area contributed by atoms with Gasteiger partial charge in [-0.15, -0.1) is 0 Å². The number of nitrogens with two attached hydrogens (primary N) is 1. The number of rotatable bonds is 5. The van der Waals surface area contributed by atoms with Crippen LogP contribution in [0.1, 0.15) is 44.6 Å². The number of hydrogen-bond acceptors (Lipinski definition) is 1. The second-order valence-corrected chi connectivity index (χ2v) is 6.58. The van der Waals surface area contributed by atoms with E-state index in [-0.39, 0.29) is 10.8 Å². The van der Waals surface area contributed by atoms with E-state index in [0.29, 0.717) is 11.8 Å². The minimum absolute atomic E-state index is 0.229. The van der Waals surface area contributed by atoms with E-state index >= 15 is 0 Å². The van der Waals surface area contributed by atoms with E-state index in [4.69, 9.17) is 17.3 Å². The van der Waals surface area contributed by atoms with Crippen LogP contribution in [0.2, 0.25) is 5.02 Å². The van der Waals surface area contributed by atoms with Crippen molar-refractivity contribution >= 4 is 11.6 Å². The lowest BCUT2D eigenvalue weighted by molar-refractivity contribution is 0.175. The number of hydrogen-bond donors (Lipinski definition) is 1. The highest BCUT2D eigenvalue weighted by atomic mass is 35.5. The van der Waals surface area contributed by atoms with Gasteiger partial charge in [0.05, 0.1) is 5.02 Å². The molecule has 1 aromatic rings. The first kappa shape index (κ1) is 15.8.